The van der Waals surface area contributed by atoms with Gasteiger partial charge in [-0.25, -0.2) is 0 Å². The Morgan fingerprint density at radius 2 is 2.05 bits per heavy atom. The lowest BCUT2D eigenvalue weighted by Gasteiger charge is -2.23. The van der Waals surface area contributed by atoms with E-state index in [4.69, 9.17) is 0 Å². The molecule has 22 heavy (non-hydrogen) atoms. The zero-order valence-corrected chi connectivity index (χ0v) is 13.3. The Morgan fingerprint density at radius 1 is 1.27 bits per heavy atom. The van der Waals surface area contributed by atoms with Crippen LogP contribution in [-0.4, -0.2) is 27.2 Å². The van der Waals surface area contributed by atoms with Crippen LogP contribution >= 0.6 is 11.8 Å². The quantitative estimate of drug-likeness (QED) is 0.617. The highest BCUT2D eigenvalue weighted by Crippen LogP contribution is 2.33. The number of carbonyl (C=O) groups is 2. The lowest BCUT2D eigenvalue weighted by atomic mass is 9.95. The Kier molecular flexibility index (Phi) is 4.52. The molecule has 0 atom stereocenters. The van der Waals surface area contributed by atoms with Crippen molar-refractivity contribution >= 4 is 29.0 Å². The summed E-state index contributed by atoms with van der Waals surface area (Å²) in [6.45, 7) is 3.85. The third-order valence-electron chi connectivity index (χ3n) is 4.22. The molecule has 0 aromatic carbocycles. The van der Waals surface area contributed by atoms with Gasteiger partial charge in [0.25, 0.3) is 11.1 Å². The molecule has 0 radical (unpaired) electrons. The fraction of sp³-hybridized carbons (Fsp3) is 0.412. The second-order valence-corrected chi connectivity index (χ2v) is 6.76. The summed E-state index contributed by atoms with van der Waals surface area (Å²) in [5, 5.41) is -0.220. The molecule has 1 aliphatic heterocycles. The van der Waals surface area contributed by atoms with Crippen molar-refractivity contribution in [3.63, 3.8) is 0 Å². The van der Waals surface area contributed by atoms with Crippen LogP contribution in [0.15, 0.2) is 36.0 Å². The highest BCUT2D eigenvalue weighted by Gasteiger charge is 2.34. The van der Waals surface area contributed by atoms with Crippen LogP contribution in [0.5, 0.6) is 0 Å². The van der Waals surface area contributed by atoms with Crippen molar-refractivity contribution in [1.29, 1.82) is 0 Å². The summed E-state index contributed by atoms with van der Waals surface area (Å²) in [6, 6.07) is 2.59. The highest BCUT2D eigenvalue weighted by molar-refractivity contribution is 8.18. The van der Waals surface area contributed by atoms with Gasteiger partial charge >= 0.3 is 0 Å². The SMILES string of the molecule is C=CCN1C(=O)S/C(=C/c2ccn(C3CCCCC3)c2)C1=O. The first-order valence-electron chi connectivity index (χ1n) is 7.73. The third kappa shape index (κ3) is 3.04. The van der Waals surface area contributed by atoms with Crippen molar-refractivity contribution < 1.29 is 9.59 Å². The number of amides is 2. The fourth-order valence-corrected chi connectivity index (χ4v) is 3.91. The van der Waals surface area contributed by atoms with Crippen LogP contribution in [0.3, 0.4) is 0 Å². The molecule has 3 rings (SSSR count). The Morgan fingerprint density at radius 3 is 2.77 bits per heavy atom. The predicted molar refractivity (Wildman–Crippen MR) is 89.4 cm³/mol. The molecule has 2 heterocycles. The smallest absolute Gasteiger partial charge is 0.293 e. The molecule has 4 nitrogen and oxygen atoms in total. The number of aromatic nitrogens is 1. The van der Waals surface area contributed by atoms with E-state index in [2.05, 4.69) is 23.5 Å². The number of hydrogen-bond acceptors (Lipinski definition) is 3. The summed E-state index contributed by atoms with van der Waals surface area (Å²) >= 11 is 1.00. The van der Waals surface area contributed by atoms with Gasteiger partial charge in [-0.3, -0.25) is 14.5 Å². The molecule has 1 aromatic heterocycles. The molecular formula is C17H20N2O2S. The molecule has 1 saturated carbocycles. The van der Waals surface area contributed by atoms with Crippen molar-refractivity contribution in [1.82, 2.24) is 9.47 Å². The standard InChI is InChI=1S/C17H20N2O2S/c1-2-9-19-16(20)15(22-17(19)21)11-13-8-10-18(12-13)14-6-4-3-5-7-14/h2,8,10-12,14H,1,3-7,9H2/b15-11+. The van der Waals surface area contributed by atoms with Gasteiger partial charge < -0.3 is 4.57 Å². The normalized spacial score (nSPS) is 21.8. The van der Waals surface area contributed by atoms with E-state index < -0.39 is 0 Å². The molecule has 1 aliphatic carbocycles. The molecular weight excluding hydrogens is 296 g/mol. The van der Waals surface area contributed by atoms with Crippen molar-refractivity contribution in [3.8, 4) is 0 Å². The Hall–Kier alpha value is -1.75. The summed E-state index contributed by atoms with van der Waals surface area (Å²) in [6.07, 6.45) is 13.9. The van der Waals surface area contributed by atoms with Crippen LogP contribution in [0.2, 0.25) is 0 Å². The van der Waals surface area contributed by atoms with Crippen LogP contribution in [0.1, 0.15) is 43.7 Å². The lowest BCUT2D eigenvalue weighted by molar-refractivity contribution is -0.122. The van der Waals surface area contributed by atoms with Crippen LogP contribution in [0.25, 0.3) is 6.08 Å². The molecule has 0 bridgehead atoms. The number of nitrogens with zero attached hydrogens (tertiary/aromatic N) is 2. The van der Waals surface area contributed by atoms with E-state index >= 15 is 0 Å². The van der Waals surface area contributed by atoms with Gasteiger partial charge in [-0.1, -0.05) is 25.3 Å². The number of rotatable bonds is 4. The molecule has 1 saturated heterocycles. The van der Waals surface area contributed by atoms with Crippen molar-refractivity contribution in [3.05, 3.63) is 41.6 Å². The molecule has 2 fully saturated rings. The average molecular weight is 316 g/mol. The summed E-state index contributed by atoms with van der Waals surface area (Å²) < 4.78 is 2.25. The third-order valence-corrected chi connectivity index (χ3v) is 5.12. The fourth-order valence-electron chi connectivity index (χ4n) is 3.06. The minimum absolute atomic E-state index is 0.220. The number of carbonyl (C=O) groups excluding carboxylic acids is 2. The molecule has 1 aromatic rings. The Labute approximate surface area is 134 Å². The largest absolute Gasteiger partial charge is 0.351 e. The zero-order chi connectivity index (χ0) is 15.5. The molecule has 0 spiro atoms. The van der Waals surface area contributed by atoms with Crippen LogP contribution < -0.4 is 0 Å². The maximum absolute atomic E-state index is 12.2. The molecule has 0 unspecified atom stereocenters. The second-order valence-electron chi connectivity index (χ2n) is 5.76. The first-order valence-corrected chi connectivity index (χ1v) is 8.54. The van der Waals surface area contributed by atoms with E-state index in [1.54, 1.807) is 6.08 Å². The number of imide groups is 1. The first-order chi connectivity index (χ1) is 10.7. The summed E-state index contributed by atoms with van der Waals surface area (Å²) in [7, 11) is 0. The van der Waals surface area contributed by atoms with Gasteiger partial charge in [0.15, 0.2) is 0 Å². The monoisotopic (exact) mass is 316 g/mol. The minimum Gasteiger partial charge on any atom is -0.351 e. The topological polar surface area (TPSA) is 42.3 Å². The lowest BCUT2D eigenvalue weighted by Crippen LogP contribution is -2.27. The summed E-state index contributed by atoms with van der Waals surface area (Å²) in [4.78, 5) is 25.7. The minimum atomic E-state index is -0.222. The summed E-state index contributed by atoms with van der Waals surface area (Å²) in [5.74, 6) is -0.222. The molecule has 2 amide bonds. The first kappa shape index (κ1) is 15.2. The Bertz CT molecular complexity index is 626. The van der Waals surface area contributed by atoms with Crippen molar-refractivity contribution in [2.45, 2.75) is 38.1 Å². The van der Waals surface area contributed by atoms with Gasteiger partial charge in [0.1, 0.15) is 0 Å². The highest BCUT2D eigenvalue weighted by atomic mass is 32.2. The Balaban J connectivity index is 1.75. The zero-order valence-electron chi connectivity index (χ0n) is 12.5. The number of thioether (sulfide) groups is 1. The molecule has 0 N–H and O–H groups in total. The molecule has 5 heteroatoms. The van der Waals surface area contributed by atoms with Crippen molar-refractivity contribution in [2.75, 3.05) is 6.54 Å². The van der Waals surface area contributed by atoms with E-state index in [1.807, 2.05) is 12.1 Å². The van der Waals surface area contributed by atoms with Gasteiger partial charge in [0, 0.05) is 25.0 Å². The van der Waals surface area contributed by atoms with E-state index in [9.17, 15) is 9.59 Å². The van der Waals surface area contributed by atoms with Gasteiger partial charge in [-0.15, -0.1) is 6.58 Å². The van der Waals surface area contributed by atoms with Gasteiger partial charge in [-0.2, -0.15) is 0 Å². The number of hydrogen-bond donors (Lipinski definition) is 0. The molecule has 2 aliphatic rings. The van der Waals surface area contributed by atoms with Gasteiger partial charge in [0.2, 0.25) is 0 Å². The second kappa shape index (κ2) is 6.57. The van der Waals surface area contributed by atoms with E-state index in [0.29, 0.717) is 10.9 Å². The predicted octanol–water partition coefficient (Wildman–Crippen LogP) is 4.22. The van der Waals surface area contributed by atoms with E-state index in [1.165, 1.54) is 37.0 Å². The average Bonchev–Trinajstić information content (AvgIpc) is 3.09. The maximum Gasteiger partial charge on any atom is 0.293 e. The maximum atomic E-state index is 12.2. The van der Waals surface area contributed by atoms with Gasteiger partial charge in [-0.05, 0) is 42.3 Å². The van der Waals surface area contributed by atoms with E-state index in [0.717, 1.165) is 17.3 Å². The van der Waals surface area contributed by atoms with Crippen molar-refractivity contribution in [2.24, 2.45) is 0 Å². The summed E-state index contributed by atoms with van der Waals surface area (Å²) in [5.41, 5.74) is 0.981. The van der Waals surface area contributed by atoms with Crippen LogP contribution in [0.4, 0.5) is 4.79 Å². The van der Waals surface area contributed by atoms with Gasteiger partial charge in [0.05, 0.1) is 4.91 Å². The van der Waals surface area contributed by atoms with Crippen LogP contribution in [-0.2, 0) is 4.79 Å². The van der Waals surface area contributed by atoms with E-state index in [-0.39, 0.29) is 17.7 Å². The van der Waals surface area contributed by atoms with Crippen LogP contribution in [0, 0.1) is 0 Å². The molecule has 116 valence electrons.